The maximum Gasteiger partial charge on any atom is 0.327 e. The number of esters is 1. The normalized spacial score (nSPS) is 16.6. The van der Waals surface area contributed by atoms with Gasteiger partial charge in [0.05, 0.1) is 13.4 Å². The Bertz CT molecular complexity index is 894. The molecule has 8 nitrogen and oxygen atoms in total. The molecule has 1 aliphatic heterocycles. The predicted octanol–water partition coefficient (Wildman–Crippen LogP) is 2.11. The minimum Gasteiger partial charge on any atom is -0.468 e. The lowest BCUT2D eigenvalue weighted by atomic mass is 10.0. The number of halogens is 1. The number of ether oxygens (including phenoxy) is 1. The van der Waals surface area contributed by atoms with Crippen LogP contribution in [0.3, 0.4) is 0 Å². The zero-order valence-electron chi connectivity index (χ0n) is 16.8. The van der Waals surface area contributed by atoms with Crippen molar-refractivity contribution < 1.29 is 23.5 Å². The molecular formula is C21H24ClN3O5. The summed E-state index contributed by atoms with van der Waals surface area (Å²) in [7, 11) is 1.35. The third kappa shape index (κ3) is 5.01. The van der Waals surface area contributed by atoms with Gasteiger partial charge >= 0.3 is 5.97 Å². The van der Waals surface area contributed by atoms with Gasteiger partial charge in [-0.15, -0.1) is 0 Å². The van der Waals surface area contributed by atoms with Crippen molar-refractivity contribution in [2.24, 2.45) is 0 Å². The van der Waals surface area contributed by atoms with E-state index in [1.807, 2.05) is 11.0 Å². The average Bonchev–Trinajstić information content (AvgIpc) is 3.29. The van der Waals surface area contributed by atoms with Crippen LogP contribution in [0.25, 0.3) is 0 Å². The molecule has 0 saturated carbocycles. The van der Waals surface area contributed by atoms with Crippen LogP contribution in [0.15, 0.2) is 47.1 Å². The summed E-state index contributed by atoms with van der Waals surface area (Å²) in [5, 5.41) is 3.18. The minimum atomic E-state index is -0.696. The molecule has 0 bridgehead atoms. The fourth-order valence-electron chi connectivity index (χ4n) is 3.50. The van der Waals surface area contributed by atoms with Crippen molar-refractivity contribution in [1.29, 1.82) is 0 Å². The van der Waals surface area contributed by atoms with E-state index in [1.165, 1.54) is 19.4 Å². The molecule has 0 spiro atoms. The van der Waals surface area contributed by atoms with E-state index < -0.39 is 18.0 Å². The van der Waals surface area contributed by atoms with Crippen LogP contribution < -0.4 is 5.32 Å². The van der Waals surface area contributed by atoms with E-state index in [2.05, 4.69) is 5.32 Å². The van der Waals surface area contributed by atoms with Gasteiger partial charge in [-0.25, -0.2) is 4.79 Å². The second kappa shape index (κ2) is 9.77. The van der Waals surface area contributed by atoms with Crippen LogP contribution in [0.5, 0.6) is 0 Å². The number of hydrogen-bond donors (Lipinski definition) is 1. The summed E-state index contributed by atoms with van der Waals surface area (Å²) in [6.45, 7) is 3.45. The van der Waals surface area contributed by atoms with Gasteiger partial charge in [0.25, 0.3) is 5.91 Å². The Kier molecular flexibility index (Phi) is 7.12. The fourth-order valence-corrected chi connectivity index (χ4v) is 3.69. The molecule has 0 aliphatic carbocycles. The maximum atomic E-state index is 12.7. The van der Waals surface area contributed by atoms with Crippen molar-refractivity contribution in [3.63, 3.8) is 0 Å². The van der Waals surface area contributed by atoms with Crippen LogP contribution in [0, 0.1) is 0 Å². The van der Waals surface area contributed by atoms with Gasteiger partial charge in [-0.3, -0.25) is 14.5 Å². The van der Waals surface area contributed by atoms with Crippen LogP contribution in [-0.2, 0) is 14.3 Å². The summed E-state index contributed by atoms with van der Waals surface area (Å²) in [6, 6.07) is 8.96. The Morgan fingerprint density at radius 3 is 2.47 bits per heavy atom. The number of methoxy groups -OCH3 is 1. The van der Waals surface area contributed by atoms with Crippen LogP contribution in [0.2, 0.25) is 5.02 Å². The Labute approximate surface area is 179 Å². The Hall–Kier alpha value is -2.84. The van der Waals surface area contributed by atoms with Crippen molar-refractivity contribution in [1.82, 2.24) is 15.1 Å². The first-order chi connectivity index (χ1) is 14.4. The molecule has 3 rings (SSSR count). The largest absolute Gasteiger partial charge is 0.468 e. The van der Waals surface area contributed by atoms with Gasteiger partial charge in [0.15, 0.2) is 5.76 Å². The second-order valence-electron chi connectivity index (χ2n) is 7.01. The fraction of sp³-hybridized carbons (Fsp3) is 0.381. The van der Waals surface area contributed by atoms with E-state index in [0.717, 1.165) is 5.56 Å². The Morgan fingerprint density at radius 1 is 1.13 bits per heavy atom. The van der Waals surface area contributed by atoms with Crippen LogP contribution in [0.4, 0.5) is 0 Å². The first-order valence-corrected chi connectivity index (χ1v) is 9.99. The van der Waals surface area contributed by atoms with Crippen molar-refractivity contribution in [3.05, 3.63) is 59.0 Å². The van der Waals surface area contributed by atoms with E-state index in [1.54, 1.807) is 36.1 Å². The molecule has 160 valence electrons. The summed E-state index contributed by atoms with van der Waals surface area (Å²) >= 11 is 6.09. The zero-order chi connectivity index (χ0) is 21.7. The number of benzene rings is 1. The second-order valence-corrected chi connectivity index (χ2v) is 7.45. The summed E-state index contributed by atoms with van der Waals surface area (Å²) in [5.74, 6) is -0.851. The van der Waals surface area contributed by atoms with Gasteiger partial charge in [-0.1, -0.05) is 23.7 Å². The average molecular weight is 434 g/mol. The molecule has 30 heavy (non-hydrogen) atoms. The minimum absolute atomic E-state index is 0.155. The molecule has 1 aliphatic rings. The number of amides is 2. The molecule has 1 N–H and O–H groups in total. The summed E-state index contributed by atoms with van der Waals surface area (Å²) < 4.78 is 10.0. The first kappa shape index (κ1) is 21.9. The highest BCUT2D eigenvalue weighted by Gasteiger charge is 2.33. The molecule has 9 heteroatoms. The standard InChI is InChI=1S/C21H24ClN3O5/c1-14(23-19(26)17-7-4-12-30-17)20(27)25-10-8-24(9-11-25)18(21(28)29-2)15-5-3-6-16(22)13-15/h3-7,12-14,18H,8-11H2,1-2H3,(H,23,26). The van der Waals surface area contributed by atoms with E-state index >= 15 is 0 Å². The molecule has 1 aromatic heterocycles. The number of carbonyl (C=O) groups is 3. The van der Waals surface area contributed by atoms with Crippen molar-refractivity contribution in [3.8, 4) is 0 Å². The predicted molar refractivity (Wildman–Crippen MR) is 110 cm³/mol. The van der Waals surface area contributed by atoms with Crippen LogP contribution in [-0.4, -0.2) is 66.9 Å². The highest BCUT2D eigenvalue weighted by Crippen LogP contribution is 2.26. The molecular weight excluding hydrogens is 410 g/mol. The van der Waals surface area contributed by atoms with E-state index in [4.69, 9.17) is 20.8 Å². The number of furan rings is 1. The number of rotatable bonds is 6. The van der Waals surface area contributed by atoms with Crippen LogP contribution >= 0.6 is 11.6 Å². The number of hydrogen-bond acceptors (Lipinski definition) is 6. The molecule has 2 aromatic rings. The first-order valence-electron chi connectivity index (χ1n) is 9.61. The summed E-state index contributed by atoms with van der Waals surface area (Å²) in [6.07, 6.45) is 1.40. The van der Waals surface area contributed by atoms with Gasteiger partial charge < -0.3 is 19.4 Å². The van der Waals surface area contributed by atoms with E-state index in [-0.39, 0.29) is 17.6 Å². The molecule has 1 saturated heterocycles. The zero-order valence-corrected chi connectivity index (χ0v) is 17.6. The number of carbonyl (C=O) groups excluding carboxylic acids is 3. The topological polar surface area (TPSA) is 92.1 Å². The van der Waals surface area contributed by atoms with E-state index in [0.29, 0.717) is 31.2 Å². The number of nitrogens with zero attached hydrogens (tertiary/aromatic N) is 2. The highest BCUT2D eigenvalue weighted by molar-refractivity contribution is 6.30. The quantitative estimate of drug-likeness (QED) is 0.701. The number of piperazine rings is 1. The lowest BCUT2D eigenvalue weighted by molar-refractivity contribution is -0.148. The molecule has 2 heterocycles. The van der Waals surface area contributed by atoms with Gasteiger partial charge in [0.1, 0.15) is 12.1 Å². The smallest absolute Gasteiger partial charge is 0.327 e. The van der Waals surface area contributed by atoms with Gasteiger partial charge in [0.2, 0.25) is 5.91 Å². The monoisotopic (exact) mass is 433 g/mol. The summed E-state index contributed by atoms with van der Waals surface area (Å²) in [4.78, 5) is 40.9. The molecule has 1 aromatic carbocycles. The van der Waals surface area contributed by atoms with Crippen molar-refractivity contribution >= 4 is 29.4 Å². The third-order valence-corrected chi connectivity index (χ3v) is 5.28. The highest BCUT2D eigenvalue weighted by atomic mass is 35.5. The molecule has 2 atom stereocenters. The van der Waals surface area contributed by atoms with Crippen LogP contribution in [0.1, 0.15) is 29.1 Å². The van der Waals surface area contributed by atoms with Gasteiger partial charge in [-0.05, 0) is 36.8 Å². The van der Waals surface area contributed by atoms with Crippen molar-refractivity contribution in [2.45, 2.75) is 19.0 Å². The molecule has 2 unspecified atom stereocenters. The third-order valence-electron chi connectivity index (χ3n) is 5.04. The Morgan fingerprint density at radius 2 is 1.87 bits per heavy atom. The SMILES string of the molecule is COC(=O)C(c1cccc(Cl)c1)N1CCN(C(=O)C(C)NC(=O)c2ccco2)CC1. The molecule has 2 amide bonds. The van der Waals surface area contributed by atoms with Gasteiger partial charge in [0, 0.05) is 31.2 Å². The maximum absolute atomic E-state index is 12.7. The Balaban J connectivity index is 1.61. The molecule has 0 radical (unpaired) electrons. The molecule has 1 fully saturated rings. The van der Waals surface area contributed by atoms with Gasteiger partial charge in [-0.2, -0.15) is 0 Å². The van der Waals surface area contributed by atoms with Crippen molar-refractivity contribution in [2.75, 3.05) is 33.3 Å². The lowest BCUT2D eigenvalue weighted by Crippen LogP contribution is -2.55. The summed E-state index contributed by atoms with van der Waals surface area (Å²) in [5.41, 5.74) is 0.744. The van der Waals surface area contributed by atoms with E-state index in [9.17, 15) is 14.4 Å². The lowest BCUT2D eigenvalue weighted by Gasteiger charge is -2.39. The number of nitrogens with one attached hydrogen (secondary N) is 1.